The zero-order valence-corrected chi connectivity index (χ0v) is 14.4. The molecule has 0 aliphatic carbocycles. The van der Waals surface area contributed by atoms with E-state index in [1.165, 1.54) is 18.4 Å². The first-order chi connectivity index (χ1) is 10.3. The van der Waals surface area contributed by atoms with Crippen molar-refractivity contribution in [2.24, 2.45) is 5.73 Å². The van der Waals surface area contributed by atoms with E-state index in [0.717, 1.165) is 11.8 Å². The van der Waals surface area contributed by atoms with Crippen molar-refractivity contribution in [2.75, 3.05) is 6.26 Å². The van der Waals surface area contributed by atoms with Gasteiger partial charge < -0.3 is 15.5 Å². The summed E-state index contributed by atoms with van der Waals surface area (Å²) in [6.45, 7) is 2.05. The largest absolute Gasteiger partial charge is 0.467 e. The van der Waals surface area contributed by atoms with Gasteiger partial charge >= 0.3 is 0 Å². The number of hydrogen-bond acceptors (Lipinski definition) is 5. The molecule has 2 aromatic rings. The molecule has 0 bridgehead atoms. The summed E-state index contributed by atoms with van der Waals surface area (Å²) in [5.74, 6) is 0.262. The number of nitrogens with two attached hydrogens (primary N) is 1. The Labute approximate surface area is 141 Å². The smallest absolute Gasteiger partial charge is 0.255 e. The Morgan fingerprint density at radius 2 is 1.91 bits per heavy atom. The molecule has 0 spiro atoms. The highest BCUT2D eigenvalue weighted by atomic mass is 35.5. The second kappa shape index (κ2) is 7.63. The molecule has 3 N–H and O–H groups in total. The van der Waals surface area contributed by atoms with Gasteiger partial charge in [-0.05, 0) is 30.7 Å². The number of hydrogen-bond donors (Lipinski definition) is 2. The zero-order chi connectivity index (χ0) is 16.3. The Morgan fingerprint density at radius 1 is 1.30 bits per heavy atom. The van der Waals surface area contributed by atoms with Crippen molar-refractivity contribution in [1.29, 1.82) is 0 Å². The van der Waals surface area contributed by atoms with Gasteiger partial charge in [-0.2, -0.15) is 0 Å². The number of carbonyl (C=O) groups is 1. The number of amides is 1. The van der Waals surface area contributed by atoms with Crippen LogP contribution in [0, 0.1) is 0 Å². The van der Waals surface area contributed by atoms with Crippen molar-refractivity contribution < 1.29 is 17.6 Å². The molecule has 0 aliphatic rings. The first kappa shape index (κ1) is 19.2. The van der Waals surface area contributed by atoms with Crippen LogP contribution in [0.2, 0.25) is 0 Å². The fourth-order valence-electron chi connectivity index (χ4n) is 1.97. The second-order valence-electron chi connectivity index (χ2n) is 5.04. The van der Waals surface area contributed by atoms with E-state index in [-0.39, 0.29) is 35.8 Å². The van der Waals surface area contributed by atoms with Gasteiger partial charge in [0, 0.05) is 6.26 Å². The summed E-state index contributed by atoms with van der Waals surface area (Å²) >= 11 is 0. The van der Waals surface area contributed by atoms with Crippen molar-refractivity contribution in [3.63, 3.8) is 0 Å². The molecule has 1 unspecified atom stereocenters. The van der Waals surface area contributed by atoms with Crippen LogP contribution in [0.4, 0.5) is 0 Å². The quantitative estimate of drug-likeness (QED) is 0.851. The van der Waals surface area contributed by atoms with Gasteiger partial charge in [0.1, 0.15) is 12.0 Å². The van der Waals surface area contributed by atoms with Gasteiger partial charge in [0.2, 0.25) is 0 Å². The zero-order valence-electron chi connectivity index (χ0n) is 12.8. The Kier molecular flexibility index (Phi) is 6.37. The van der Waals surface area contributed by atoms with Gasteiger partial charge in [-0.3, -0.25) is 4.79 Å². The average Bonchev–Trinajstić information content (AvgIpc) is 2.95. The lowest BCUT2D eigenvalue weighted by Gasteiger charge is -2.14. The highest BCUT2D eigenvalue weighted by molar-refractivity contribution is 7.90. The van der Waals surface area contributed by atoms with Crippen molar-refractivity contribution in [1.82, 2.24) is 5.32 Å². The van der Waals surface area contributed by atoms with E-state index in [1.54, 1.807) is 18.2 Å². The molecule has 23 heavy (non-hydrogen) atoms. The van der Waals surface area contributed by atoms with Crippen molar-refractivity contribution in [3.05, 3.63) is 53.5 Å². The predicted octanol–water partition coefficient (Wildman–Crippen LogP) is 2.05. The molecule has 126 valence electrons. The van der Waals surface area contributed by atoms with Gasteiger partial charge in [-0.1, -0.05) is 12.1 Å². The lowest BCUT2D eigenvalue weighted by atomic mass is 10.1. The van der Waals surface area contributed by atoms with Crippen LogP contribution in [-0.4, -0.2) is 20.6 Å². The number of nitrogens with one attached hydrogen (secondary N) is 1. The van der Waals surface area contributed by atoms with E-state index in [0.29, 0.717) is 11.3 Å². The first-order valence-corrected chi connectivity index (χ1v) is 8.58. The first-order valence-electron chi connectivity index (χ1n) is 6.69. The molecule has 1 amide bonds. The molecule has 1 aromatic heterocycles. The van der Waals surface area contributed by atoms with Crippen LogP contribution in [0.15, 0.2) is 45.9 Å². The molecular weight excluding hydrogens is 340 g/mol. The van der Waals surface area contributed by atoms with Gasteiger partial charge in [-0.25, -0.2) is 8.42 Å². The fraction of sp³-hybridized carbons (Fsp3) is 0.267. The van der Waals surface area contributed by atoms with Gasteiger partial charge in [-0.15, -0.1) is 12.4 Å². The Bertz CT molecular complexity index is 769. The van der Waals surface area contributed by atoms with E-state index in [9.17, 15) is 13.2 Å². The van der Waals surface area contributed by atoms with E-state index in [1.807, 2.05) is 6.92 Å². The molecule has 8 heteroatoms. The summed E-state index contributed by atoms with van der Waals surface area (Å²) < 4.78 is 28.0. The minimum absolute atomic E-state index is 0. The summed E-state index contributed by atoms with van der Waals surface area (Å²) in [7, 11) is -3.22. The number of sulfone groups is 1. The van der Waals surface area contributed by atoms with E-state index >= 15 is 0 Å². The highest BCUT2D eigenvalue weighted by Crippen LogP contribution is 2.17. The minimum Gasteiger partial charge on any atom is -0.467 e. The maximum atomic E-state index is 12.1. The number of carbonyl (C=O) groups excluding carboxylic acids is 1. The molecule has 2 rings (SSSR count). The molecule has 0 fully saturated rings. The maximum Gasteiger partial charge on any atom is 0.255 e. The summed E-state index contributed by atoms with van der Waals surface area (Å²) in [5, 5.41) is 2.82. The third-order valence-corrected chi connectivity index (χ3v) is 4.40. The molecule has 6 nitrogen and oxygen atoms in total. The van der Waals surface area contributed by atoms with Crippen molar-refractivity contribution >= 4 is 28.2 Å². The molecule has 1 heterocycles. The predicted molar refractivity (Wildman–Crippen MR) is 89.3 cm³/mol. The Balaban J connectivity index is 0.00000264. The Morgan fingerprint density at radius 3 is 2.39 bits per heavy atom. The summed E-state index contributed by atoms with van der Waals surface area (Å²) in [6, 6.07) is 7.74. The Hall–Kier alpha value is -1.83. The summed E-state index contributed by atoms with van der Waals surface area (Å²) in [4.78, 5) is 12.3. The molecule has 0 saturated carbocycles. The molecule has 0 saturated heterocycles. The van der Waals surface area contributed by atoms with E-state index in [2.05, 4.69) is 5.32 Å². The lowest BCUT2D eigenvalue weighted by molar-refractivity contribution is 0.0939. The summed E-state index contributed by atoms with van der Waals surface area (Å²) in [5.41, 5.74) is 6.64. The fourth-order valence-corrected chi connectivity index (χ4v) is 2.60. The topological polar surface area (TPSA) is 102 Å². The standard InChI is InChI=1S/C15H18N2O4S.ClH/c1-10(11-3-5-14(6-4-11)22(2,19)20)17-15(18)12-7-13(8-16)21-9-12;/h3-7,9-10H,8,16H2,1-2H3,(H,17,18);1H. The van der Waals surface area contributed by atoms with Crippen molar-refractivity contribution in [2.45, 2.75) is 24.4 Å². The number of rotatable bonds is 5. The van der Waals surface area contributed by atoms with Gasteiger partial charge in [0.15, 0.2) is 9.84 Å². The van der Waals surface area contributed by atoms with Crippen molar-refractivity contribution in [3.8, 4) is 0 Å². The van der Waals surface area contributed by atoms with Crippen LogP contribution in [0.3, 0.4) is 0 Å². The number of halogens is 1. The van der Waals surface area contributed by atoms with Crippen LogP contribution in [0.1, 0.15) is 34.6 Å². The number of benzene rings is 1. The van der Waals surface area contributed by atoms with Crippen LogP contribution in [-0.2, 0) is 16.4 Å². The normalized spacial score (nSPS) is 12.3. The molecule has 0 aliphatic heterocycles. The van der Waals surface area contributed by atoms with Crippen LogP contribution in [0.25, 0.3) is 0 Å². The third kappa shape index (κ3) is 4.82. The molecule has 1 aromatic carbocycles. The summed E-state index contributed by atoms with van der Waals surface area (Å²) in [6.07, 6.45) is 2.51. The maximum absolute atomic E-state index is 12.1. The second-order valence-corrected chi connectivity index (χ2v) is 7.06. The van der Waals surface area contributed by atoms with E-state index < -0.39 is 9.84 Å². The monoisotopic (exact) mass is 358 g/mol. The van der Waals surface area contributed by atoms with Gasteiger partial charge in [0.05, 0.1) is 23.0 Å². The average molecular weight is 359 g/mol. The molecule has 1 atom stereocenters. The SMILES string of the molecule is CC(NC(=O)c1coc(CN)c1)c1ccc(S(C)(=O)=O)cc1.Cl. The lowest BCUT2D eigenvalue weighted by Crippen LogP contribution is -2.26. The molecule has 0 radical (unpaired) electrons. The van der Waals surface area contributed by atoms with Crippen LogP contribution < -0.4 is 11.1 Å². The minimum atomic E-state index is -3.22. The van der Waals surface area contributed by atoms with E-state index in [4.69, 9.17) is 10.2 Å². The number of furan rings is 1. The highest BCUT2D eigenvalue weighted by Gasteiger charge is 2.14. The molecular formula is C15H19ClN2O4S. The van der Waals surface area contributed by atoms with Crippen LogP contribution in [0.5, 0.6) is 0 Å². The third-order valence-electron chi connectivity index (χ3n) is 3.27. The van der Waals surface area contributed by atoms with Crippen LogP contribution >= 0.6 is 12.4 Å². The van der Waals surface area contributed by atoms with Gasteiger partial charge in [0.25, 0.3) is 5.91 Å².